The normalized spacial score (nSPS) is 10.7. The van der Waals surface area contributed by atoms with Gasteiger partial charge >= 0.3 is 5.69 Å². The summed E-state index contributed by atoms with van der Waals surface area (Å²) in [6, 6.07) is 3.26. The van der Waals surface area contributed by atoms with Crippen molar-refractivity contribution in [1.29, 1.82) is 0 Å². The zero-order valence-electron chi connectivity index (χ0n) is 10.2. The van der Waals surface area contributed by atoms with Gasteiger partial charge in [-0.3, -0.25) is 9.36 Å². The highest BCUT2D eigenvalue weighted by Crippen LogP contribution is 2.31. The van der Waals surface area contributed by atoms with E-state index in [1.807, 2.05) is 0 Å². The first-order chi connectivity index (χ1) is 8.88. The Morgan fingerprint density at radius 1 is 1.37 bits per heavy atom. The van der Waals surface area contributed by atoms with Crippen molar-refractivity contribution < 1.29 is 4.79 Å². The Bertz CT molecular complexity index is 706. The van der Waals surface area contributed by atoms with Crippen LogP contribution in [-0.2, 0) is 6.54 Å². The summed E-state index contributed by atoms with van der Waals surface area (Å²) in [5, 5.41) is 0. The SMILES string of the molecule is Cc1cc(C)n(CC(=O)c2cc(Cl)sc2Cl)c(=O)n1. The molecular formula is C12H10Cl2N2O2S. The van der Waals surface area contributed by atoms with E-state index in [1.165, 1.54) is 10.6 Å². The molecule has 0 fully saturated rings. The van der Waals surface area contributed by atoms with Gasteiger partial charge in [0.05, 0.1) is 16.4 Å². The fraction of sp³-hybridized carbons (Fsp3) is 0.250. The van der Waals surface area contributed by atoms with Gasteiger partial charge in [0.15, 0.2) is 5.78 Å². The molecule has 2 heterocycles. The van der Waals surface area contributed by atoms with Crippen LogP contribution in [0.25, 0.3) is 0 Å². The Labute approximate surface area is 123 Å². The lowest BCUT2D eigenvalue weighted by molar-refractivity contribution is 0.0970. The van der Waals surface area contributed by atoms with E-state index in [-0.39, 0.29) is 12.3 Å². The second-order valence-corrected chi connectivity index (χ2v) is 6.35. The van der Waals surface area contributed by atoms with Crippen LogP contribution in [0.1, 0.15) is 21.7 Å². The highest BCUT2D eigenvalue weighted by Gasteiger charge is 2.16. The van der Waals surface area contributed by atoms with Crippen molar-refractivity contribution in [2.75, 3.05) is 0 Å². The summed E-state index contributed by atoms with van der Waals surface area (Å²) in [5.74, 6) is -0.260. The predicted molar refractivity (Wildman–Crippen MR) is 76.6 cm³/mol. The third kappa shape index (κ3) is 3.05. The van der Waals surface area contributed by atoms with Crippen LogP contribution < -0.4 is 5.69 Å². The van der Waals surface area contributed by atoms with Crippen LogP contribution in [0.4, 0.5) is 0 Å². The number of hydrogen-bond acceptors (Lipinski definition) is 4. The van der Waals surface area contributed by atoms with E-state index in [0.717, 1.165) is 11.3 Å². The Kier molecular flexibility index (Phi) is 4.08. The zero-order valence-corrected chi connectivity index (χ0v) is 12.6. The summed E-state index contributed by atoms with van der Waals surface area (Å²) in [5.41, 5.74) is 1.21. The van der Waals surface area contributed by atoms with Gasteiger partial charge in [-0.15, -0.1) is 11.3 Å². The monoisotopic (exact) mass is 316 g/mol. The Morgan fingerprint density at radius 3 is 2.58 bits per heavy atom. The highest BCUT2D eigenvalue weighted by atomic mass is 35.5. The van der Waals surface area contributed by atoms with E-state index in [4.69, 9.17) is 23.2 Å². The number of halogens is 2. The minimum Gasteiger partial charge on any atom is -0.292 e. The molecule has 0 spiro atoms. The maximum Gasteiger partial charge on any atom is 0.348 e. The van der Waals surface area contributed by atoms with E-state index in [0.29, 0.717) is 25.6 Å². The van der Waals surface area contributed by atoms with Crippen LogP contribution in [0.15, 0.2) is 16.9 Å². The molecule has 0 atom stereocenters. The van der Waals surface area contributed by atoms with Crippen LogP contribution in [0.5, 0.6) is 0 Å². The molecule has 0 N–H and O–H groups in total. The second kappa shape index (κ2) is 5.45. The van der Waals surface area contributed by atoms with Crippen LogP contribution >= 0.6 is 34.5 Å². The number of nitrogens with zero attached hydrogens (tertiary/aromatic N) is 2. The fourth-order valence-electron chi connectivity index (χ4n) is 1.73. The molecule has 0 aliphatic heterocycles. The molecule has 0 saturated carbocycles. The molecule has 19 heavy (non-hydrogen) atoms. The van der Waals surface area contributed by atoms with Gasteiger partial charge in [-0.1, -0.05) is 23.2 Å². The van der Waals surface area contributed by atoms with Crippen LogP contribution in [0.2, 0.25) is 8.67 Å². The maximum absolute atomic E-state index is 12.1. The fourth-order valence-corrected chi connectivity index (χ4v) is 3.23. The minimum absolute atomic E-state index is 0.0925. The average molecular weight is 317 g/mol. The Hall–Kier alpha value is -1.17. The molecule has 0 aromatic carbocycles. The summed E-state index contributed by atoms with van der Waals surface area (Å²) in [6.45, 7) is 3.40. The standard InChI is InChI=1S/C12H10Cl2N2O2S/c1-6-3-7(2)16(12(18)15-6)5-9(17)8-4-10(13)19-11(8)14/h3-4H,5H2,1-2H3. The van der Waals surface area contributed by atoms with E-state index in [9.17, 15) is 9.59 Å². The lowest BCUT2D eigenvalue weighted by Crippen LogP contribution is -2.28. The molecule has 0 amide bonds. The molecule has 0 aliphatic carbocycles. The third-order valence-electron chi connectivity index (χ3n) is 2.61. The van der Waals surface area contributed by atoms with Crippen molar-refractivity contribution in [3.63, 3.8) is 0 Å². The molecule has 0 unspecified atom stereocenters. The molecule has 0 saturated heterocycles. The molecule has 0 aliphatic rings. The first-order valence-corrected chi connectivity index (χ1v) is 6.99. The van der Waals surface area contributed by atoms with Gasteiger partial charge in [0.1, 0.15) is 4.34 Å². The summed E-state index contributed by atoms with van der Waals surface area (Å²) in [6.07, 6.45) is 0. The zero-order chi connectivity index (χ0) is 14.2. The van der Waals surface area contributed by atoms with Crippen molar-refractivity contribution in [3.8, 4) is 0 Å². The van der Waals surface area contributed by atoms with Crippen molar-refractivity contribution >= 4 is 40.3 Å². The van der Waals surface area contributed by atoms with Gasteiger partial charge in [0.2, 0.25) is 0 Å². The molecule has 4 nitrogen and oxygen atoms in total. The maximum atomic E-state index is 12.1. The second-order valence-electron chi connectivity index (χ2n) is 4.07. The van der Waals surface area contributed by atoms with Crippen molar-refractivity contribution in [1.82, 2.24) is 9.55 Å². The van der Waals surface area contributed by atoms with Crippen molar-refractivity contribution in [2.24, 2.45) is 0 Å². The van der Waals surface area contributed by atoms with Crippen LogP contribution in [0.3, 0.4) is 0 Å². The number of rotatable bonds is 3. The quantitative estimate of drug-likeness (QED) is 0.817. The smallest absolute Gasteiger partial charge is 0.292 e. The molecule has 2 rings (SSSR count). The topological polar surface area (TPSA) is 52.0 Å². The van der Waals surface area contributed by atoms with Crippen LogP contribution in [-0.4, -0.2) is 15.3 Å². The van der Waals surface area contributed by atoms with Crippen LogP contribution in [0, 0.1) is 13.8 Å². The first-order valence-electron chi connectivity index (χ1n) is 5.41. The van der Waals surface area contributed by atoms with Gasteiger partial charge in [0.25, 0.3) is 0 Å². The molecule has 7 heteroatoms. The predicted octanol–water partition coefficient (Wildman–Crippen LogP) is 3.11. The molecular weight excluding hydrogens is 307 g/mol. The number of aromatic nitrogens is 2. The van der Waals surface area contributed by atoms with Gasteiger partial charge in [-0.2, -0.15) is 4.98 Å². The largest absolute Gasteiger partial charge is 0.348 e. The van der Waals surface area contributed by atoms with Crippen molar-refractivity contribution in [3.05, 3.63) is 48.2 Å². The van der Waals surface area contributed by atoms with Gasteiger partial charge < -0.3 is 0 Å². The first kappa shape index (κ1) is 14.2. The van der Waals surface area contributed by atoms with E-state index in [2.05, 4.69) is 4.98 Å². The molecule has 0 radical (unpaired) electrons. The summed E-state index contributed by atoms with van der Waals surface area (Å²) >= 11 is 12.8. The number of hydrogen-bond donors (Lipinski definition) is 0. The number of Topliss-reactive ketones (excluding diaryl/α,β-unsaturated/α-hetero) is 1. The van der Waals surface area contributed by atoms with E-state index >= 15 is 0 Å². The Balaban J connectivity index is 2.35. The lowest BCUT2D eigenvalue weighted by atomic mass is 10.2. The number of thiophene rings is 1. The number of ketones is 1. The molecule has 2 aromatic heterocycles. The average Bonchev–Trinajstić information content (AvgIpc) is 2.62. The van der Waals surface area contributed by atoms with E-state index < -0.39 is 5.69 Å². The number of carbonyl (C=O) groups is 1. The summed E-state index contributed by atoms with van der Waals surface area (Å²) < 4.78 is 2.09. The van der Waals surface area contributed by atoms with Gasteiger partial charge in [0, 0.05) is 11.4 Å². The van der Waals surface area contributed by atoms with Crippen molar-refractivity contribution in [2.45, 2.75) is 20.4 Å². The summed E-state index contributed by atoms with van der Waals surface area (Å²) in [4.78, 5) is 27.7. The minimum atomic E-state index is -0.441. The number of carbonyl (C=O) groups excluding carboxylic acids is 1. The molecule has 100 valence electrons. The molecule has 0 bridgehead atoms. The highest BCUT2D eigenvalue weighted by molar-refractivity contribution is 7.20. The lowest BCUT2D eigenvalue weighted by Gasteiger charge is -2.08. The van der Waals surface area contributed by atoms with E-state index in [1.54, 1.807) is 19.9 Å². The summed E-state index contributed by atoms with van der Waals surface area (Å²) in [7, 11) is 0. The molecule has 2 aromatic rings. The van der Waals surface area contributed by atoms with Gasteiger partial charge in [-0.05, 0) is 26.0 Å². The third-order valence-corrected chi connectivity index (χ3v) is 4.09. The van der Waals surface area contributed by atoms with Gasteiger partial charge in [-0.25, -0.2) is 4.79 Å². The Morgan fingerprint density at radius 2 is 2.05 bits per heavy atom. The number of aryl methyl sites for hydroxylation is 2.